The fraction of sp³-hybridized carbons (Fsp3) is 0.105. The van der Waals surface area contributed by atoms with Crippen molar-refractivity contribution in [2.24, 2.45) is 0 Å². The number of aliphatic hydroxyl groups excluding tert-OH is 1. The van der Waals surface area contributed by atoms with Crippen LogP contribution in [0.25, 0.3) is 11.1 Å². The lowest BCUT2D eigenvalue weighted by molar-refractivity contribution is 0.347. The van der Waals surface area contributed by atoms with E-state index in [1.165, 1.54) is 20.3 Å². The van der Waals surface area contributed by atoms with Gasteiger partial charge < -0.3 is 19.3 Å². The molecule has 0 radical (unpaired) electrons. The minimum absolute atomic E-state index is 0.0175. The molecule has 0 unspecified atom stereocenters. The summed E-state index contributed by atoms with van der Waals surface area (Å²) in [7, 11) is 2.96. The molecule has 0 aliphatic rings. The number of rotatable bonds is 6. The van der Waals surface area contributed by atoms with Crippen LogP contribution in [-0.2, 0) is 0 Å². The van der Waals surface area contributed by atoms with E-state index in [9.17, 15) is 5.11 Å². The van der Waals surface area contributed by atoms with Crippen LogP contribution in [0.1, 0.15) is 5.56 Å². The first-order valence-corrected chi connectivity index (χ1v) is 8.10. The van der Waals surface area contributed by atoms with E-state index >= 15 is 0 Å². The summed E-state index contributed by atoms with van der Waals surface area (Å²) in [6.45, 7) is 0. The van der Waals surface area contributed by atoms with Crippen LogP contribution in [0.2, 0.25) is 0 Å². The number of benzene rings is 2. The van der Waals surface area contributed by atoms with E-state index in [1.807, 2.05) is 36.4 Å². The van der Waals surface area contributed by atoms with Crippen molar-refractivity contribution in [3.63, 3.8) is 0 Å². The van der Waals surface area contributed by atoms with Gasteiger partial charge in [0, 0.05) is 0 Å². The average molecular weight is 368 g/mol. The highest BCUT2D eigenvalue weighted by Gasteiger charge is 2.17. The fourth-order valence-corrected chi connectivity index (χ4v) is 2.64. The summed E-state index contributed by atoms with van der Waals surface area (Å²) in [5, 5.41) is 9.80. The van der Waals surface area contributed by atoms with Crippen LogP contribution < -0.4 is 14.2 Å². The number of aromatic nitrogens is 2. The third-order valence-electron chi connectivity index (χ3n) is 3.60. The quantitative estimate of drug-likeness (QED) is 0.654. The first kappa shape index (κ1) is 17.6. The van der Waals surface area contributed by atoms with Gasteiger partial charge in [-0.25, -0.2) is 0 Å². The summed E-state index contributed by atoms with van der Waals surface area (Å²) >= 11 is 5.04. The summed E-state index contributed by atoms with van der Waals surface area (Å²) in [5.41, 5.74) is 2.03. The lowest BCUT2D eigenvalue weighted by atomic mass is 9.99. The maximum Gasteiger partial charge on any atom is 0.328 e. The number of methoxy groups -OCH3 is 2. The average Bonchev–Trinajstić information content (AvgIpc) is 2.68. The highest BCUT2D eigenvalue weighted by Crippen LogP contribution is 2.33. The summed E-state index contributed by atoms with van der Waals surface area (Å²) in [6.07, 6.45) is 0. The molecular weight excluding hydrogens is 352 g/mol. The van der Waals surface area contributed by atoms with Crippen LogP contribution in [0, 0.1) is 0 Å². The fourth-order valence-electron chi connectivity index (χ4n) is 2.43. The van der Waals surface area contributed by atoms with Gasteiger partial charge in [-0.1, -0.05) is 42.5 Å². The molecular formula is C19H16N2O4S. The molecule has 26 heavy (non-hydrogen) atoms. The number of hydrogen-bond acceptors (Lipinski definition) is 6. The van der Waals surface area contributed by atoms with Crippen molar-refractivity contribution in [3.05, 3.63) is 60.2 Å². The highest BCUT2D eigenvalue weighted by molar-refractivity contribution is 7.80. The van der Waals surface area contributed by atoms with Crippen LogP contribution in [0.5, 0.6) is 23.5 Å². The van der Waals surface area contributed by atoms with E-state index < -0.39 is 0 Å². The van der Waals surface area contributed by atoms with Crippen molar-refractivity contribution in [1.82, 2.24) is 9.97 Å². The highest BCUT2D eigenvalue weighted by atomic mass is 32.1. The molecule has 0 fully saturated rings. The molecule has 7 heteroatoms. The molecule has 0 saturated heterocycles. The zero-order valence-corrected chi connectivity index (χ0v) is 15.0. The Morgan fingerprint density at radius 2 is 1.58 bits per heavy atom. The largest absolute Gasteiger partial charge is 0.498 e. The standard InChI is InChI=1S/C19H16N2O4S/c1-23-15-11-16(24-2)21-19(20-15)25-14-10-6-9-13(17(14)18(22)26)12-7-4-3-5-8-12/h3-11H,1-2H3,(H,22,26). The Morgan fingerprint density at radius 1 is 0.923 bits per heavy atom. The lowest BCUT2D eigenvalue weighted by Gasteiger charge is -2.14. The van der Waals surface area contributed by atoms with Crippen molar-refractivity contribution in [1.29, 1.82) is 0 Å². The Morgan fingerprint density at radius 3 is 2.15 bits per heavy atom. The molecule has 0 saturated carbocycles. The van der Waals surface area contributed by atoms with Crippen LogP contribution in [-0.4, -0.2) is 34.3 Å². The molecule has 0 atom stereocenters. The number of ether oxygens (including phenoxy) is 3. The Bertz CT molecular complexity index is 910. The third kappa shape index (κ3) is 3.73. The zero-order chi connectivity index (χ0) is 18.5. The number of aliphatic hydroxyl groups is 1. The summed E-state index contributed by atoms with van der Waals surface area (Å²) < 4.78 is 16.0. The molecule has 3 aromatic rings. The molecule has 1 heterocycles. The molecule has 0 spiro atoms. The topological polar surface area (TPSA) is 73.7 Å². The van der Waals surface area contributed by atoms with E-state index in [0.717, 1.165) is 11.1 Å². The Balaban J connectivity index is 2.07. The van der Waals surface area contributed by atoms with Gasteiger partial charge in [0.25, 0.3) is 0 Å². The normalized spacial score (nSPS) is 10.2. The molecule has 132 valence electrons. The van der Waals surface area contributed by atoms with Gasteiger partial charge in [0.1, 0.15) is 5.75 Å². The Hall–Kier alpha value is -3.19. The molecule has 0 aliphatic heterocycles. The molecule has 1 N–H and O–H groups in total. The second-order valence-corrected chi connectivity index (χ2v) is 5.57. The second-order valence-electron chi connectivity index (χ2n) is 5.19. The summed E-state index contributed by atoms with van der Waals surface area (Å²) in [4.78, 5) is 8.28. The van der Waals surface area contributed by atoms with Crippen LogP contribution >= 0.6 is 12.2 Å². The maximum atomic E-state index is 10.1. The van der Waals surface area contributed by atoms with E-state index in [0.29, 0.717) is 23.1 Å². The lowest BCUT2D eigenvalue weighted by Crippen LogP contribution is -2.04. The maximum absolute atomic E-state index is 10.1. The van der Waals surface area contributed by atoms with Crippen LogP contribution in [0.15, 0.2) is 54.6 Å². The van der Waals surface area contributed by atoms with Crippen LogP contribution in [0.4, 0.5) is 0 Å². The molecule has 0 bridgehead atoms. The predicted octanol–water partition coefficient (Wildman–Crippen LogP) is 4.19. The van der Waals surface area contributed by atoms with E-state index in [2.05, 4.69) is 9.97 Å². The van der Waals surface area contributed by atoms with Crippen molar-refractivity contribution in [3.8, 4) is 34.6 Å². The van der Waals surface area contributed by atoms with Gasteiger partial charge in [-0.2, -0.15) is 9.97 Å². The van der Waals surface area contributed by atoms with Crippen molar-refractivity contribution in [2.75, 3.05) is 14.2 Å². The van der Waals surface area contributed by atoms with Gasteiger partial charge in [0.05, 0.1) is 25.8 Å². The van der Waals surface area contributed by atoms with E-state index in [4.69, 9.17) is 26.4 Å². The zero-order valence-electron chi connectivity index (χ0n) is 14.2. The van der Waals surface area contributed by atoms with Gasteiger partial charge >= 0.3 is 6.01 Å². The minimum Gasteiger partial charge on any atom is -0.498 e. The van der Waals surface area contributed by atoms with Gasteiger partial charge in [-0.15, -0.1) is 0 Å². The smallest absolute Gasteiger partial charge is 0.328 e. The Labute approximate surface area is 156 Å². The molecule has 0 aliphatic carbocycles. The predicted molar refractivity (Wildman–Crippen MR) is 101 cm³/mol. The first-order valence-electron chi connectivity index (χ1n) is 7.69. The monoisotopic (exact) mass is 368 g/mol. The van der Waals surface area contributed by atoms with Gasteiger partial charge in [-0.05, 0) is 29.4 Å². The van der Waals surface area contributed by atoms with Crippen LogP contribution in [0.3, 0.4) is 0 Å². The van der Waals surface area contributed by atoms with Gasteiger partial charge in [0.15, 0.2) is 5.05 Å². The molecule has 6 nitrogen and oxygen atoms in total. The first-order chi connectivity index (χ1) is 12.6. The van der Waals surface area contributed by atoms with E-state index in [1.54, 1.807) is 12.1 Å². The Kier molecular flexibility index (Phi) is 5.28. The number of thiocarbonyl (C=S) groups is 1. The molecule has 3 rings (SSSR count). The van der Waals surface area contributed by atoms with Gasteiger partial charge in [0.2, 0.25) is 11.8 Å². The summed E-state index contributed by atoms with van der Waals surface area (Å²) in [5.74, 6) is 0.910. The SMILES string of the molecule is COc1cc(OC)nc(Oc2cccc(-c3ccccc3)c2C(O)=S)n1. The minimum atomic E-state index is -0.283. The molecule has 0 amide bonds. The van der Waals surface area contributed by atoms with E-state index in [-0.39, 0.29) is 11.1 Å². The second kappa shape index (κ2) is 7.79. The van der Waals surface area contributed by atoms with Crippen molar-refractivity contribution >= 4 is 17.3 Å². The summed E-state index contributed by atoms with van der Waals surface area (Å²) in [6, 6.07) is 16.5. The molecule has 1 aromatic heterocycles. The number of hydrogen-bond donors (Lipinski definition) is 1. The van der Waals surface area contributed by atoms with Gasteiger partial charge in [-0.3, -0.25) is 0 Å². The van der Waals surface area contributed by atoms with Crippen molar-refractivity contribution in [2.45, 2.75) is 0 Å². The third-order valence-corrected chi connectivity index (χ3v) is 3.81. The number of nitrogens with zero attached hydrogens (tertiary/aromatic N) is 2. The van der Waals surface area contributed by atoms with Crippen molar-refractivity contribution < 1.29 is 19.3 Å². The molecule has 2 aromatic carbocycles.